The summed E-state index contributed by atoms with van der Waals surface area (Å²) in [4.78, 5) is 24.7. The molecule has 0 aliphatic heterocycles. The van der Waals surface area contributed by atoms with Crippen molar-refractivity contribution < 1.29 is 19.1 Å². The smallest absolute Gasteiger partial charge is 0.324 e. The molecule has 0 saturated heterocycles. The summed E-state index contributed by atoms with van der Waals surface area (Å²) in [5.41, 5.74) is 2.51. The number of ether oxygens (including phenoxy) is 2. The minimum atomic E-state index is -1.18. The lowest BCUT2D eigenvalue weighted by Crippen LogP contribution is -2.43. The Balaban J connectivity index is 2.36. The van der Waals surface area contributed by atoms with Crippen molar-refractivity contribution in [3.8, 4) is 0 Å². The van der Waals surface area contributed by atoms with Gasteiger partial charge in [-0.25, -0.2) is 0 Å². The second kappa shape index (κ2) is 5.81. The summed E-state index contributed by atoms with van der Waals surface area (Å²) in [6.07, 6.45) is 4.90. The average Bonchev–Trinajstić information content (AvgIpc) is 3.24. The van der Waals surface area contributed by atoms with Crippen molar-refractivity contribution >= 4 is 11.9 Å². The second-order valence-corrected chi connectivity index (χ2v) is 5.37. The second-order valence-electron chi connectivity index (χ2n) is 5.37. The third-order valence-electron chi connectivity index (χ3n) is 3.97. The molecule has 0 aromatic rings. The van der Waals surface area contributed by atoms with Gasteiger partial charge in [0.15, 0.2) is 5.41 Å². The van der Waals surface area contributed by atoms with Crippen molar-refractivity contribution in [2.45, 2.75) is 46.5 Å². The molecule has 0 heterocycles. The Morgan fingerprint density at radius 1 is 1.15 bits per heavy atom. The lowest BCUT2D eigenvalue weighted by molar-refractivity contribution is -0.172. The predicted molar refractivity (Wildman–Crippen MR) is 75.0 cm³/mol. The van der Waals surface area contributed by atoms with E-state index in [4.69, 9.17) is 9.47 Å². The molecule has 0 N–H and O–H groups in total. The molecule has 4 nitrogen and oxygen atoms in total. The van der Waals surface area contributed by atoms with E-state index in [1.165, 1.54) is 11.1 Å². The van der Waals surface area contributed by atoms with Crippen LogP contribution in [0.5, 0.6) is 0 Å². The zero-order valence-electron chi connectivity index (χ0n) is 12.5. The van der Waals surface area contributed by atoms with E-state index in [0.717, 1.165) is 18.4 Å². The first kappa shape index (κ1) is 14.8. The van der Waals surface area contributed by atoms with Crippen molar-refractivity contribution in [2.75, 3.05) is 13.2 Å². The summed E-state index contributed by atoms with van der Waals surface area (Å²) in [7, 11) is 0. The zero-order chi connectivity index (χ0) is 14.8. The normalized spacial score (nSPS) is 20.2. The molecular formula is C16H22O4. The van der Waals surface area contributed by atoms with Crippen LogP contribution in [0.3, 0.4) is 0 Å². The van der Waals surface area contributed by atoms with Crippen molar-refractivity contribution in [1.29, 1.82) is 0 Å². The number of hydrogen-bond acceptors (Lipinski definition) is 4. The number of esters is 2. The molecule has 0 radical (unpaired) electrons. The standard InChI is InChI=1S/C16H22O4/c1-4-19-14(17)16(15(18)20-5-2)9-8-11(3)13(10-16)12-6-7-12/h8H,4-7,9-10H2,1-3H3. The molecule has 1 fully saturated rings. The lowest BCUT2D eigenvalue weighted by Gasteiger charge is -2.32. The van der Waals surface area contributed by atoms with Crippen LogP contribution in [0.4, 0.5) is 0 Å². The monoisotopic (exact) mass is 278 g/mol. The fourth-order valence-corrected chi connectivity index (χ4v) is 2.66. The maximum Gasteiger partial charge on any atom is 0.324 e. The average molecular weight is 278 g/mol. The predicted octanol–water partition coefficient (Wildman–Crippen LogP) is 2.93. The van der Waals surface area contributed by atoms with Gasteiger partial charge in [0.05, 0.1) is 13.2 Å². The summed E-state index contributed by atoms with van der Waals surface area (Å²) in [5, 5.41) is 0. The zero-order valence-corrected chi connectivity index (χ0v) is 12.5. The van der Waals surface area contributed by atoms with Crippen molar-refractivity contribution in [3.05, 3.63) is 22.8 Å². The van der Waals surface area contributed by atoms with Gasteiger partial charge in [-0.05, 0) is 52.0 Å². The fraction of sp³-hybridized carbons (Fsp3) is 0.625. The van der Waals surface area contributed by atoms with Crippen LogP contribution in [0, 0.1) is 5.41 Å². The summed E-state index contributed by atoms with van der Waals surface area (Å²) in [6, 6.07) is 0. The van der Waals surface area contributed by atoms with E-state index in [1.807, 2.05) is 13.0 Å². The highest BCUT2D eigenvalue weighted by Gasteiger charge is 2.51. The Morgan fingerprint density at radius 3 is 2.15 bits per heavy atom. The Labute approximate surface area is 119 Å². The molecule has 0 atom stereocenters. The van der Waals surface area contributed by atoms with Crippen molar-refractivity contribution in [1.82, 2.24) is 0 Å². The van der Waals surface area contributed by atoms with Crippen LogP contribution in [0.15, 0.2) is 22.8 Å². The van der Waals surface area contributed by atoms with Gasteiger partial charge in [-0.2, -0.15) is 0 Å². The molecule has 4 heteroatoms. The minimum Gasteiger partial charge on any atom is -0.465 e. The van der Waals surface area contributed by atoms with E-state index in [0.29, 0.717) is 12.8 Å². The summed E-state index contributed by atoms with van der Waals surface area (Å²) in [5.74, 6) is -0.915. The maximum atomic E-state index is 12.4. The number of rotatable bonds is 4. The van der Waals surface area contributed by atoms with Gasteiger partial charge in [-0.15, -0.1) is 0 Å². The van der Waals surface area contributed by atoms with E-state index in [2.05, 4.69) is 0 Å². The maximum absolute atomic E-state index is 12.4. The Bertz CT molecular complexity index is 461. The van der Waals surface area contributed by atoms with E-state index in [9.17, 15) is 9.59 Å². The minimum absolute atomic E-state index is 0.272. The molecule has 0 spiro atoms. The van der Waals surface area contributed by atoms with Gasteiger partial charge >= 0.3 is 11.9 Å². The van der Waals surface area contributed by atoms with Gasteiger partial charge in [0.2, 0.25) is 0 Å². The van der Waals surface area contributed by atoms with E-state index in [1.54, 1.807) is 13.8 Å². The molecule has 2 aliphatic carbocycles. The van der Waals surface area contributed by atoms with Crippen molar-refractivity contribution in [2.24, 2.45) is 5.41 Å². The van der Waals surface area contributed by atoms with Crippen LogP contribution in [0.1, 0.15) is 46.5 Å². The van der Waals surface area contributed by atoms with Crippen LogP contribution in [0.2, 0.25) is 0 Å². The molecule has 110 valence electrons. The van der Waals surface area contributed by atoms with E-state index in [-0.39, 0.29) is 13.2 Å². The Hall–Kier alpha value is -1.58. The molecule has 0 bridgehead atoms. The van der Waals surface area contributed by atoms with Gasteiger partial charge in [0.1, 0.15) is 0 Å². The number of hydrogen-bond donors (Lipinski definition) is 0. The van der Waals surface area contributed by atoms with Gasteiger partial charge in [0, 0.05) is 0 Å². The highest BCUT2D eigenvalue weighted by molar-refractivity contribution is 6.01. The van der Waals surface area contributed by atoms with Crippen LogP contribution >= 0.6 is 0 Å². The first-order valence-corrected chi connectivity index (χ1v) is 7.27. The van der Waals surface area contributed by atoms with E-state index < -0.39 is 17.4 Å². The van der Waals surface area contributed by atoms with Crippen LogP contribution in [-0.2, 0) is 19.1 Å². The first-order valence-electron chi connectivity index (χ1n) is 7.27. The topological polar surface area (TPSA) is 52.6 Å². The largest absolute Gasteiger partial charge is 0.465 e. The number of allylic oxidation sites excluding steroid dienone is 4. The molecule has 20 heavy (non-hydrogen) atoms. The van der Waals surface area contributed by atoms with Gasteiger partial charge in [-0.1, -0.05) is 17.2 Å². The molecule has 0 aromatic carbocycles. The lowest BCUT2D eigenvalue weighted by atomic mass is 9.72. The highest BCUT2D eigenvalue weighted by Crippen LogP contribution is 2.46. The summed E-state index contributed by atoms with van der Waals surface area (Å²) in [6.45, 7) is 6.09. The quantitative estimate of drug-likeness (QED) is 0.586. The third kappa shape index (κ3) is 2.65. The van der Waals surface area contributed by atoms with Crippen LogP contribution < -0.4 is 0 Å². The van der Waals surface area contributed by atoms with Crippen LogP contribution in [0.25, 0.3) is 0 Å². The molecule has 0 aromatic heterocycles. The molecule has 0 amide bonds. The third-order valence-corrected chi connectivity index (χ3v) is 3.97. The summed E-state index contributed by atoms with van der Waals surface area (Å²) < 4.78 is 10.3. The molecular weight excluding hydrogens is 256 g/mol. The molecule has 1 saturated carbocycles. The van der Waals surface area contributed by atoms with Crippen molar-refractivity contribution in [3.63, 3.8) is 0 Å². The molecule has 2 rings (SSSR count). The number of carbonyl (C=O) groups is 2. The fourth-order valence-electron chi connectivity index (χ4n) is 2.66. The Kier molecular flexibility index (Phi) is 4.31. The van der Waals surface area contributed by atoms with Crippen LogP contribution in [-0.4, -0.2) is 25.2 Å². The Morgan fingerprint density at radius 2 is 1.70 bits per heavy atom. The van der Waals surface area contributed by atoms with Gasteiger partial charge in [0.25, 0.3) is 0 Å². The number of carbonyl (C=O) groups excluding carboxylic acids is 2. The highest BCUT2D eigenvalue weighted by atomic mass is 16.6. The SMILES string of the molecule is CCOC(=O)C1(C(=O)OCC)CC=C(C)C(=C2CC2)C1. The molecule has 2 aliphatic rings. The summed E-state index contributed by atoms with van der Waals surface area (Å²) >= 11 is 0. The van der Waals surface area contributed by atoms with Gasteiger partial charge < -0.3 is 9.47 Å². The van der Waals surface area contributed by atoms with E-state index >= 15 is 0 Å². The first-order chi connectivity index (χ1) is 9.55. The molecule has 0 unspecified atom stereocenters. The van der Waals surface area contributed by atoms with Gasteiger partial charge in [-0.3, -0.25) is 9.59 Å².